The maximum atomic E-state index is 12.8. The summed E-state index contributed by atoms with van der Waals surface area (Å²) in [4.78, 5) is 38.1. The highest BCUT2D eigenvalue weighted by Crippen LogP contribution is 2.16. The number of carbonyl (C=O) groups excluding carboxylic acids is 3. The molecule has 0 amide bonds. The average Bonchev–Trinajstić information content (AvgIpc) is 3.29. The van der Waals surface area contributed by atoms with Crippen LogP contribution in [0.1, 0.15) is 310 Å². The lowest BCUT2D eigenvalue weighted by Crippen LogP contribution is -2.30. The zero-order valence-corrected chi connectivity index (χ0v) is 43.1. The normalized spacial score (nSPS) is 12.1. The molecule has 6 nitrogen and oxygen atoms in total. The highest BCUT2D eigenvalue weighted by atomic mass is 16.6. The van der Waals surface area contributed by atoms with E-state index in [0.29, 0.717) is 19.3 Å². The van der Waals surface area contributed by atoms with E-state index in [1.54, 1.807) is 0 Å². The Bertz CT molecular complexity index is 1040. The summed E-state index contributed by atoms with van der Waals surface area (Å²) in [6.45, 7) is 6.66. The van der Waals surface area contributed by atoms with E-state index < -0.39 is 6.10 Å². The highest BCUT2D eigenvalue weighted by molar-refractivity contribution is 5.71. The van der Waals surface area contributed by atoms with Gasteiger partial charge in [0.25, 0.3) is 0 Å². The molecule has 0 heterocycles. The Morgan fingerprint density at radius 2 is 0.516 bits per heavy atom. The number of carbonyl (C=O) groups is 3. The van der Waals surface area contributed by atoms with Crippen LogP contribution in [0.2, 0.25) is 0 Å². The van der Waals surface area contributed by atoms with E-state index in [4.69, 9.17) is 14.2 Å². The summed E-state index contributed by atoms with van der Waals surface area (Å²) in [7, 11) is 0. The second-order valence-corrected chi connectivity index (χ2v) is 19.2. The summed E-state index contributed by atoms with van der Waals surface area (Å²) in [5.41, 5.74) is 0. The van der Waals surface area contributed by atoms with Crippen molar-refractivity contribution in [3.8, 4) is 0 Å². The average molecular weight is 901 g/mol. The van der Waals surface area contributed by atoms with E-state index >= 15 is 0 Å². The van der Waals surface area contributed by atoms with Crippen LogP contribution in [0.4, 0.5) is 0 Å². The molecule has 0 saturated heterocycles. The molecule has 0 aromatic carbocycles. The van der Waals surface area contributed by atoms with Crippen LogP contribution in [0.15, 0.2) is 24.3 Å². The van der Waals surface area contributed by atoms with Crippen molar-refractivity contribution in [3.05, 3.63) is 24.3 Å². The number of esters is 3. The number of hydrogen-bond acceptors (Lipinski definition) is 6. The van der Waals surface area contributed by atoms with E-state index in [1.807, 2.05) is 0 Å². The van der Waals surface area contributed by atoms with E-state index in [0.717, 1.165) is 64.2 Å². The molecule has 0 unspecified atom stereocenters. The number of hydrogen-bond donors (Lipinski definition) is 0. The molecule has 376 valence electrons. The van der Waals surface area contributed by atoms with Crippen LogP contribution < -0.4 is 0 Å². The summed E-state index contributed by atoms with van der Waals surface area (Å²) >= 11 is 0. The molecule has 0 saturated carbocycles. The molecule has 0 aliphatic rings. The molecule has 0 aromatic rings. The third kappa shape index (κ3) is 50.9. The molecular formula is C58H108O6. The van der Waals surface area contributed by atoms with Crippen LogP contribution in [0.3, 0.4) is 0 Å². The third-order valence-electron chi connectivity index (χ3n) is 12.7. The van der Waals surface area contributed by atoms with Gasteiger partial charge in [-0.05, 0) is 70.6 Å². The van der Waals surface area contributed by atoms with Crippen molar-refractivity contribution >= 4 is 17.9 Å². The first kappa shape index (κ1) is 61.9. The summed E-state index contributed by atoms with van der Waals surface area (Å²) in [5, 5.41) is 0. The second-order valence-electron chi connectivity index (χ2n) is 19.2. The minimum absolute atomic E-state index is 0.0719. The molecule has 0 aliphatic heterocycles. The number of allylic oxidation sites excluding steroid dienone is 4. The van der Waals surface area contributed by atoms with Gasteiger partial charge in [0.15, 0.2) is 6.10 Å². The zero-order valence-electron chi connectivity index (χ0n) is 43.1. The van der Waals surface area contributed by atoms with Crippen LogP contribution >= 0.6 is 0 Å². The molecule has 6 heteroatoms. The van der Waals surface area contributed by atoms with E-state index in [1.165, 1.54) is 205 Å². The van der Waals surface area contributed by atoms with Crippen molar-refractivity contribution in [2.45, 2.75) is 316 Å². The van der Waals surface area contributed by atoms with Crippen LogP contribution in [0.25, 0.3) is 0 Å². The number of unbranched alkanes of at least 4 members (excludes halogenated alkanes) is 37. The number of ether oxygens (including phenoxy) is 3. The standard InChI is InChI=1S/C58H108O6/c1-4-7-10-13-16-19-22-25-27-28-29-30-32-33-36-39-42-45-48-51-57(60)63-54-55(53-62-56(59)50-47-44-41-38-35-24-21-18-15-12-9-6-3)64-58(61)52-49-46-43-40-37-34-31-26-23-20-17-14-11-8-5-2/h26,28-29,31,55H,4-25,27,30,32-54H2,1-3H3/b29-28-,31-26-/t55-/m1/s1. The van der Waals surface area contributed by atoms with Gasteiger partial charge >= 0.3 is 17.9 Å². The van der Waals surface area contributed by atoms with Crippen LogP contribution in [-0.4, -0.2) is 37.2 Å². The molecule has 0 bridgehead atoms. The molecular weight excluding hydrogens is 793 g/mol. The summed E-state index contributed by atoms with van der Waals surface area (Å²) in [5.74, 6) is -0.868. The zero-order chi connectivity index (χ0) is 46.5. The minimum Gasteiger partial charge on any atom is -0.462 e. The Morgan fingerprint density at radius 3 is 0.781 bits per heavy atom. The van der Waals surface area contributed by atoms with Gasteiger partial charge in [-0.2, -0.15) is 0 Å². The first-order chi connectivity index (χ1) is 31.5. The fourth-order valence-electron chi connectivity index (χ4n) is 8.37. The van der Waals surface area contributed by atoms with Gasteiger partial charge in [0.1, 0.15) is 13.2 Å². The molecule has 0 fully saturated rings. The predicted octanol–water partition coefficient (Wildman–Crippen LogP) is 18.7. The summed E-state index contributed by atoms with van der Waals surface area (Å²) in [6.07, 6.45) is 61.6. The smallest absolute Gasteiger partial charge is 0.306 e. The lowest BCUT2D eigenvalue weighted by Gasteiger charge is -2.18. The molecule has 0 radical (unpaired) electrons. The molecule has 0 aliphatic carbocycles. The van der Waals surface area contributed by atoms with Crippen molar-refractivity contribution in [2.75, 3.05) is 13.2 Å². The Balaban J connectivity index is 4.32. The second kappa shape index (κ2) is 53.5. The van der Waals surface area contributed by atoms with Crippen molar-refractivity contribution < 1.29 is 28.6 Å². The first-order valence-corrected chi connectivity index (χ1v) is 28.3. The van der Waals surface area contributed by atoms with Gasteiger partial charge in [0.05, 0.1) is 0 Å². The van der Waals surface area contributed by atoms with E-state index in [9.17, 15) is 14.4 Å². The van der Waals surface area contributed by atoms with Gasteiger partial charge in [-0.15, -0.1) is 0 Å². The van der Waals surface area contributed by atoms with Crippen molar-refractivity contribution in [2.24, 2.45) is 0 Å². The van der Waals surface area contributed by atoms with Crippen LogP contribution in [-0.2, 0) is 28.6 Å². The Hall–Kier alpha value is -2.11. The van der Waals surface area contributed by atoms with E-state index in [-0.39, 0.29) is 31.1 Å². The fraction of sp³-hybridized carbons (Fsp3) is 0.879. The first-order valence-electron chi connectivity index (χ1n) is 28.3. The van der Waals surface area contributed by atoms with Crippen molar-refractivity contribution in [1.29, 1.82) is 0 Å². The fourth-order valence-corrected chi connectivity index (χ4v) is 8.37. The molecule has 0 aromatic heterocycles. The number of rotatable bonds is 52. The van der Waals surface area contributed by atoms with Crippen molar-refractivity contribution in [3.63, 3.8) is 0 Å². The lowest BCUT2D eigenvalue weighted by molar-refractivity contribution is -0.167. The molecule has 1 atom stereocenters. The van der Waals surface area contributed by atoms with Crippen LogP contribution in [0, 0.1) is 0 Å². The van der Waals surface area contributed by atoms with Gasteiger partial charge in [-0.25, -0.2) is 0 Å². The maximum absolute atomic E-state index is 12.8. The Labute approximate surface area is 398 Å². The highest BCUT2D eigenvalue weighted by Gasteiger charge is 2.19. The minimum atomic E-state index is -0.773. The van der Waals surface area contributed by atoms with Gasteiger partial charge in [0.2, 0.25) is 0 Å². The van der Waals surface area contributed by atoms with Gasteiger partial charge in [0, 0.05) is 19.3 Å². The summed E-state index contributed by atoms with van der Waals surface area (Å²) < 4.78 is 16.8. The third-order valence-corrected chi connectivity index (χ3v) is 12.7. The predicted molar refractivity (Wildman–Crippen MR) is 275 cm³/mol. The molecule has 0 rings (SSSR count). The Morgan fingerprint density at radius 1 is 0.297 bits per heavy atom. The topological polar surface area (TPSA) is 78.9 Å². The van der Waals surface area contributed by atoms with Crippen molar-refractivity contribution in [1.82, 2.24) is 0 Å². The molecule has 64 heavy (non-hydrogen) atoms. The van der Waals surface area contributed by atoms with Crippen LogP contribution in [0.5, 0.6) is 0 Å². The molecule has 0 N–H and O–H groups in total. The SMILES string of the molecule is CCCCCCCC/C=C\CCCCCCCC(=O)O[C@@H](COC(=O)CCCCCCCCC/C=C\CCCCCCCCCC)COC(=O)CCCCCCCCCCCCCC. The summed E-state index contributed by atoms with van der Waals surface area (Å²) in [6, 6.07) is 0. The van der Waals surface area contributed by atoms with Gasteiger partial charge < -0.3 is 14.2 Å². The maximum Gasteiger partial charge on any atom is 0.306 e. The van der Waals surface area contributed by atoms with Gasteiger partial charge in [-0.1, -0.05) is 244 Å². The molecule has 0 spiro atoms. The largest absolute Gasteiger partial charge is 0.462 e. The Kier molecular flexibility index (Phi) is 51.7. The van der Waals surface area contributed by atoms with E-state index in [2.05, 4.69) is 45.1 Å². The monoisotopic (exact) mass is 901 g/mol. The van der Waals surface area contributed by atoms with Gasteiger partial charge in [-0.3, -0.25) is 14.4 Å². The lowest BCUT2D eigenvalue weighted by atomic mass is 10.0. The quantitative estimate of drug-likeness (QED) is 0.0262.